The van der Waals surface area contributed by atoms with Crippen LogP contribution in [0.1, 0.15) is 24.4 Å². The standard InChI is InChI=1S/C21H27N3O/c1-23(2)20(17-9-5-3-6-10-17)21(25)22-18-13-15-24(16-14-18)19-11-7-4-8-12-19/h3-12,18,20H,13-16H2,1-2H3,(H,22,25). The smallest absolute Gasteiger partial charge is 0.242 e. The zero-order valence-corrected chi connectivity index (χ0v) is 15.1. The highest BCUT2D eigenvalue weighted by Crippen LogP contribution is 2.22. The number of likely N-dealkylation sites (N-methyl/N-ethyl adjacent to an activating group) is 1. The summed E-state index contributed by atoms with van der Waals surface area (Å²) in [7, 11) is 3.91. The fourth-order valence-electron chi connectivity index (χ4n) is 3.52. The van der Waals surface area contributed by atoms with Crippen LogP contribution >= 0.6 is 0 Å². The molecule has 0 aromatic heterocycles. The van der Waals surface area contributed by atoms with E-state index in [4.69, 9.17) is 0 Å². The maximum Gasteiger partial charge on any atom is 0.242 e. The molecule has 0 aliphatic carbocycles. The number of carbonyl (C=O) groups excluding carboxylic acids is 1. The summed E-state index contributed by atoms with van der Waals surface area (Å²) in [6, 6.07) is 20.5. The number of nitrogens with one attached hydrogen (secondary N) is 1. The second-order valence-corrected chi connectivity index (χ2v) is 6.88. The molecule has 0 radical (unpaired) electrons. The van der Waals surface area contributed by atoms with Crippen molar-refractivity contribution in [2.75, 3.05) is 32.1 Å². The van der Waals surface area contributed by atoms with Gasteiger partial charge in [0.15, 0.2) is 0 Å². The van der Waals surface area contributed by atoms with Crippen molar-refractivity contribution >= 4 is 11.6 Å². The molecule has 2 aromatic carbocycles. The summed E-state index contributed by atoms with van der Waals surface area (Å²) in [5.74, 6) is 0.0920. The maximum atomic E-state index is 12.8. The summed E-state index contributed by atoms with van der Waals surface area (Å²) in [6.45, 7) is 1.96. The quantitative estimate of drug-likeness (QED) is 0.911. The Morgan fingerprint density at radius 2 is 1.56 bits per heavy atom. The Morgan fingerprint density at radius 1 is 1.00 bits per heavy atom. The normalized spacial score (nSPS) is 16.7. The maximum absolute atomic E-state index is 12.8. The van der Waals surface area contributed by atoms with Gasteiger partial charge in [0.25, 0.3) is 0 Å². The van der Waals surface area contributed by atoms with Crippen molar-refractivity contribution in [3.8, 4) is 0 Å². The number of piperidine rings is 1. The lowest BCUT2D eigenvalue weighted by Gasteiger charge is -2.35. The van der Waals surface area contributed by atoms with E-state index in [1.807, 2.05) is 55.4 Å². The van der Waals surface area contributed by atoms with Crippen molar-refractivity contribution in [2.24, 2.45) is 0 Å². The Hall–Kier alpha value is -2.33. The summed E-state index contributed by atoms with van der Waals surface area (Å²) >= 11 is 0. The minimum Gasteiger partial charge on any atom is -0.371 e. The van der Waals surface area contributed by atoms with Gasteiger partial charge in [0, 0.05) is 24.8 Å². The first-order chi connectivity index (χ1) is 12.1. The van der Waals surface area contributed by atoms with E-state index in [9.17, 15) is 4.79 Å². The van der Waals surface area contributed by atoms with Gasteiger partial charge in [-0.15, -0.1) is 0 Å². The lowest BCUT2D eigenvalue weighted by molar-refractivity contribution is -0.126. The van der Waals surface area contributed by atoms with Crippen molar-refractivity contribution in [1.82, 2.24) is 10.2 Å². The molecular weight excluding hydrogens is 310 g/mol. The number of carbonyl (C=O) groups is 1. The van der Waals surface area contributed by atoms with Crippen LogP contribution in [-0.2, 0) is 4.79 Å². The van der Waals surface area contributed by atoms with Gasteiger partial charge in [-0.3, -0.25) is 9.69 Å². The van der Waals surface area contributed by atoms with Crippen LogP contribution in [0.15, 0.2) is 60.7 Å². The fraction of sp³-hybridized carbons (Fsp3) is 0.381. The summed E-state index contributed by atoms with van der Waals surface area (Å²) in [5.41, 5.74) is 2.30. The van der Waals surface area contributed by atoms with Crippen LogP contribution in [0.25, 0.3) is 0 Å². The molecule has 1 saturated heterocycles. The van der Waals surface area contributed by atoms with Gasteiger partial charge in [-0.2, -0.15) is 0 Å². The first-order valence-electron chi connectivity index (χ1n) is 8.97. The lowest BCUT2D eigenvalue weighted by Crippen LogP contribution is -2.47. The van der Waals surface area contributed by atoms with Crippen molar-refractivity contribution < 1.29 is 4.79 Å². The molecule has 1 fully saturated rings. The van der Waals surface area contributed by atoms with E-state index in [2.05, 4.69) is 34.5 Å². The molecule has 1 aliphatic rings. The van der Waals surface area contributed by atoms with E-state index >= 15 is 0 Å². The monoisotopic (exact) mass is 337 g/mol. The van der Waals surface area contributed by atoms with Crippen molar-refractivity contribution in [3.63, 3.8) is 0 Å². The van der Waals surface area contributed by atoms with Crippen LogP contribution in [0.4, 0.5) is 5.69 Å². The Balaban J connectivity index is 1.58. The Kier molecular flexibility index (Phi) is 5.71. The summed E-state index contributed by atoms with van der Waals surface area (Å²) < 4.78 is 0. The van der Waals surface area contributed by atoms with Crippen LogP contribution in [0.5, 0.6) is 0 Å². The number of benzene rings is 2. The van der Waals surface area contributed by atoms with Gasteiger partial charge in [-0.1, -0.05) is 48.5 Å². The molecule has 0 spiro atoms. The van der Waals surface area contributed by atoms with Crippen molar-refractivity contribution in [1.29, 1.82) is 0 Å². The molecule has 1 aliphatic heterocycles. The molecule has 2 aromatic rings. The molecule has 0 saturated carbocycles. The molecule has 0 bridgehead atoms. The molecule has 1 amide bonds. The van der Waals surface area contributed by atoms with E-state index < -0.39 is 0 Å². The first kappa shape index (κ1) is 17.5. The van der Waals surface area contributed by atoms with Gasteiger partial charge in [0.1, 0.15) is 6.04 Å². The van der Waals surface area contributed by atoms with E-state index in [0.29, 0.717) is 0 Å². The first-order valence-corrected chi connectivity index (χ1v) is 8.97. The number of hydrogen-bond donors (Lipinski definition) is 1. The van der Waals surface area contributed by atoms with Crippen LogP contribution in [-0.4, -0.2) is 44.0 Å². The fourth-order valence-corrected chi connectivity index (χ4v) is 3.52. The summed E-state index contributed by atoms with van der Waals surface area (Å²) in [5, 5.41) is 3.26. The molecule has 4 nitrogen and oxygen atoms in total. The topological polar surface area (TPSA) is 35.6 Å². The van der Waals surface area contributed by atoms with Gasteiger partial charge in [0.05, 0.1) is 0 Å². The Morgan fingerprint density at radius 3 is 2.12 bits per heavy atom. The number of nitrogens with zero attached hydrogens (tertiary/aromatic N) is 2. The Bertz CT molecular complexity index is 664. The zero-order valence-electron chi connectivity index (χ0n) is 15.1. The molecule has 1 atom stereocenters. The highest BCUT2D eigenvalue weighted by atomic mass is 16.2. The van der Waals surface area contributed by atoms with E-state index in [0.717, 1.165) is 31.5 Å². The molecule has 4 heteroatoms. The van der Waals surface area contributed by atoms with Gasteiger partial charge < -0.3 is 10.2 Å². The largest absolute Gasteiger partial charge is 0.371 e. The number of hydrogen-bond acceptors (Lipinski definition) is 3. The third-order valence-electron chi connectivity index (χ3n) is 4.84. The van der Waals surface area contributed by atoms with Crippen molar-refractivity contribution in [3.05, 3.63) is 66.2 Å². The number of rotatable bonds is 5. The van der Waals surface area contributed by atoms with Crippen LogP contribution in [0.3, 0.4) is 0 Å². The molecule has 132 valence electrons. The highest BCUT2D eigenvalue weighted by molar-refractivity contribution is 5.83. The van der Waals surface area contributed by atoms with E-state index in [-0.39, 0.29) is 18.0 Å². The predicted octanol–water partition coefficient (Wildman–Crippen LogP) is 3.07. The second-order valence-electron chi connectivity index (χ2n) is 6.88. The predicted molar refractivity (Wildman–Crippen MR) is 103 cm³/mol. The molecule has 1 unspecified atom stereocenters. The molecule has 3 rings (SSSR count). The van der Waals surface area contributed by atoms with Crippen LogP contribution < -0.4 is 10.2 Å². The number of para-hydroxylation sites is 1. The average Bonchev–Trinajstić information content (AvgIpc) is 2.64. The zero-order chi connectivity index (χ0) is 17.6. The van der Waals surface area contributed by atoms with Crippen LogP contribution in [0, 0.1) is 0 Å². The van der Waals surface area contributed by atoms with Gasteiger partial charge >= 0.3 is 0 Å². The lowest BCUT2D eigenvalue weighted by atomic mass is 10.0. The Labute approximate surface area is 150 Å². The number of amides is 1. The minimum atomic E-state index is -0.242. The number of anilines is 1. The third kappa shape index (κ3) is 4.40. The van der Waals surface area contributed by atoms with Gasteiger partial charge in [-0.05, 0) is 44.6 Å². The third-order valence-corrected chi connectivity index (χ3v) is 4.84. The molecule has 25 heavy (non-hydrogen) atoms. The summed E-state index contributed by atoms with van der Waals surface area (Å²) in [4.78, 5) is 17.2. The van der Waals surface area contributed by atoms with E-state index in [1.165, 1.54) is 5.69 Å². The second kappa shape index (κ2) is 8.17. The minimum absolute atomic E-state index is 0.0920. The summed E-state index contributed by atoms with van der Waals surface area (Å²) in [6.07, 6.45) is 1.96. The van der Waals surface area contributed by atoms with Gasteiger partial charge in [0.2, 0.25) is 5.91 Å². The molecule has 1 heterocycles. The van der Waals surface area contributed by atoms with Crippen LogP contribution in [0.2, 0.25) is 0 Å². The molecular formula is C21H27N3O. The van der Waals surface area contributed by atoms with Gasteiger partial charge in [-0.25, -0.2) is 0 Å². The SMILES string of the molecule is CN(C)C(C(=O)NC1CCN(c2ccccc2)CC1)c1ccccc1. The highest BCUT2D eigenvalue weighted by Gasteiger charge is 2.27. The van der Waals surface area contributed by atoms with E-state index in [1.54, 1.807) is 0 Å². The molecule has 1 N–H and O–H groups in total. The average molecular weight is 337 g/mol. The van der Waals surface area contributed by atoms with Crippen molar-refractivity contribution in [2.45, 2.75) is 24.9 Å².